The first kappa shape index (κ1) is 29.0. The molecule has 0 atom stereocenters. The van der Waals surface area contributed by atoms with Crippen LogP contribution in [-0.4, -0.2) is 49.6 Å². The second kappa shape index (κ2) is 12.2. The van der Waals surface area contributed by atoms with E-state index in [0.29, 0.717) is 28.8 Å². The first-order valence-corrected chi connectivity index (χ1v) is 15.4. The Labute approximate surface area is 248 Å². The number of rotatable bonds is 9. The number of hydrogen-bond acceptors (Lipinski definition) is 5. The molecule has 0 aliphatic carbocycles. The molecule has 212 valence electrons. The Bertz CT molecular complexity index is 1590. The Hall–Kier alpha value is -3.50. The SMILES string of the molecule is CS(=O)(=O)N(c1cc(F)cc(C(=O)NCc2ccccn2)c1)C1CN(C(c2ccc(Cl)cc2)c2ccc(Cl)cc2)C1. The minimum absolute atomic E-state index is 0.0148. The monoisotopic (exact) mass is 612 g/mol. The summed E-state index contributed by atoms with van der Waals surface area (Å²) >= 11 is 12.3. The van der Waals surface area contributed by atoms with E-state index in [4.69, 9.17) is 23.2 Å². The fourth-order valence-corrected chi connectivity index (χ4v) is 6.45. The van der Waals surface area contributed by atoms with Crippen molar-refractivity contribution in [2.75, 3.05) is 23.7 Å². The molecule has 0 spiro atoms. The van der Waals surface area contributed by atoms with Gasteiger partial charge in [-0.25, -0.2) is 12.8 Å². The fourth-order valence-electron chi connectivity index (χ4n) is 5.03. The molecule has 3 aromatic carbocycles. The molecule has 11 heteroatoms. The summed E-state index contributed by atoms with van der Waals surface area (Å²) in [6.07, 6.45) is 2.69. The molecule has 0 unspecified atom stereocenters. The first-order valence-electron chi connectivity index (χ1n) is 12.8. The Morgan fingerprint density at radius 3 is 2.15 bits per heavy atom. The maximum absolute atomic E-state index is 14.8. The number of carbonyl (C=O) groups is 1. The lowest BCUT2D eigenvalue weighted by molar-refractivity contribution is 0.0949. The molecule has 0 radical (unpaired) electrons. The standard InChI is InChI=1S/C30H27Cl2FN4O3S/c1-41(39,40)37(27-15-22(14-25(33)16-27)30(38)35-17-26-4-2-3-13-34-26)28-18-36(19-28)29(20-5-9-23(31)10-6-20)21-7-11-24(32)12-8-21/h2-16,28-29H,17-19H2,1H3,(H,35,38). The molecule has 1 aromatic heterocycles. The lowest BCUT2D eigenvalue weighted by atomic mass is 9.93. The van der Waals surface area contributed by atoms with Crippen molar-refractivity contribution in [2.45, 2.75) is 18.6 Å². The minimum Gasteiger partial charge on any atom is -0.346 e. The van der Waals surface area contributed by atoms with Gasteiger partial charge in [0.15, 0.2) is 0 Å². The summed E-state index contributed by atoms with van der Waals surface area (Å²) in [5.41, 5.74) is 2.72. The van der Waals surface area contributed by atoms with Gasteiger partial charge in [-0.2, -0.15) is 0 Å². The molecular weight excluding hydrogens is 586 g/mol. The van der Waals surface area contributed by atoms with E-state index in [-0.39, 0.29) is 23.8 Å². The van der Waals surface area contributed by atoms with E-state index in [1.807, 2.05) is 48.5 Å². The quantitative estimate of drug-likeness (QED) is 0.262. The first-order chi connectivity index (χ1) is 19.6. The summed E-state index contributed by atoms with van der Waals surface area (Å²) < 4.78 is 42.0. The van der Waals surface area contributed by atoms with Crippen LogP contribution in [0.2, 0.25) is 10.0 Å². The van der Waals surface area contributed by atoms with E-state index in [2.05, 4.69) is 15.2 Å². The van der Waals surface area contributed by atoms with Crippen LogP contribution >= 0.6 is 23.2 Å². The Morgan fingerprint density at radius 1 is 1.00 bits per heavy atom. The fraction of sp³-hybridized carbons (Fsp3) is 0.200. The zero-order valence-electron chi connectivity index (χ0n) is 22.0. The number of amides is 1. The highest BCUT2D eigenvalue weighted by Gasteiger charge is 2.41. The van der Waals surface area contributed by atoms with Crippen molar-refractivity contribution in [1.82, 2.24) is 15.2 Å². The van der Waals surface area contributed by atoms with Crippen LogP contribution in [0.4, 0.5) is 10.1 Å². The predicted octanol–water partition coefficient (Wildman–Crippen LogP) is 5.70. The summed E-state index contributed by atoms with van der Waals surface area (Å²) in [5, 5.41) is 3.93. The number of hydrogen-bond donors (Lipinski definition) is 1. The summed E-state index contributed by atoms with van der Waals surface area (Å²) in [6.45, 7) is 0.900. The zero-order valence-corrected chi connectivity index (χ0v) is 24.4. The van der Waals surface area contributed by atoms with Gasteiger partial charge in [-0.05, 0) is 65.7 Å². The van der Waals surface area contributed by atoms with Crippen LogP contribution in [0.25, 0.3) is 0 Å². The molecule has 1 fully saturated rings. The topological polar surface area (TPSA) is 82.6 Å². The van der Waals surface area contributed by atoms with Crippen molar-refractivity contribution in [1.29, 1.82) is 0 Å². The molecule has 2 heterocycles. The lowest BCUT2D eigenvalue weighted by Crippen LogP contribution is -2.61. The number of nitrogens with zero attached hydrogens (tertiary/aromatic N) is 3. The van der Waals surface area contributed by atoms with E-state index in [9.17, 15) is 17.6 Å². The smallest absolute Gasteiger partial charge is 0.251 e. The van der Waals surface area contributed by atoms with Crippen LogP contribution in [0.3, 0.4) is 0 Å². The van der Waals surface area contributed by atoms with Crippen molar-refractivity contribution >= 4 is 44.8 Å². The van der Waals surface area contributed by atoms with Gasteiger partial charge >= 0.3 is 0 Å². The van der Waals surface area contributed by atoms with Crippen molar-refractivity contribution in [2.24, 2.45) is 0 Å². The van der Waals surface area contributed by atoms with Crippen LogP contribution in [0.1, 0.15) is 33.2 Å². The molecule has 1 amide bonds. The summed E-state index contributed by atoms with van der Waals surface area (Å²) in [4.78, 5) is 19.1. The van der Waals surface area contributed by atoms with E-state index in [1.165, 1.54) is 10.4 Å². The molecule has 5 rings (SSSR count). The minimum atomic E-state index is -3.82. The average Bonchev–Trinajstić information content (AvgIpc) is 2.91. The molecule has 1 aliphatic rings. The van der Waals surface area contributed by atoms with Crippen molar-refractivity contribution in [3.8, 4) is 0 Å². The number of carbonyl (C=O) groups excluding carboxylic acids is 1. The summed E-state index contributed by atoms with van der Waals surface area (Å²) in [5.74, 6) is -1.25. The number of benzene rings is 3. The Kier molecular flexibility index (Phi) is 8.60. The van der Waals surface area contributed by atoms with Crippen LogP contribution in [-0.2, 0) is 16.6 Å². The number of halogens is 3. The van der Waals surface area contributed by atoms with Gasteiger partial charge in [-0.3, -0.25) is 19.0 Å². The third kappa shape index (κ3) is 6.87. The van der Waals surface area contributed by atoms with Gasteiger partial charge in [0, 0.05) is 34.9 Å². The van der Waals surface area contributed by atoms with Crippen molar-refractivity contribution in [3.63, 3.8) is 0 Å². The third-order valence-corrected chi connectivity index (χ3v) is 8.60. The van der Waals surface area contributed by atoms with Crippen LogP contribution in [0.5, 0.6) is 0 Å². The number of aromatic nitrogens is 1. The molecule has 41 heavy (non-hydrogen) atoms. The largest absolute Gasteiger partial charge is 0.346 e. The summed E-state index contributed by atoms with van der Waals surface area (Å²) in [6, 6.07) is 23.3. The second-order valence-corrected chi connectivity index (χ2v) is 12.6. The van der Waals surface area contributed by atoms with E-state index >= 15 is 0 Å². The van der Waals surface area contributed by atoms with Gasteiger partial charge in [0.2, 0.25) is 10.0 Å². The van der Waals surface area contributed by atoms with Gasteiger partial charge in [-0.1, -0.05) is 53.5 Å². The van der Waals surface area contributed by atoms with E-state index < -0.39 is 27.8 Å². The molecule has 4 aromatic rings. The highest BCUT2D eigenvalue weighted by Crippen LogP contribution is 2.37. The zero-order chi connectivity index (χ0) is 29.1. The number of anilines is 1. The predicted molar refractivity (Wildman–Crippen MR) is 159 cm³/mol. The maximum Gasteiger partial charge on any atom is 0.251 e. The second-order valence-electron chi connectivity index (χ2n) is 9.87. The highest BCUT2D eigenvalue weighted by molar-refractivity contribution is 7.92. The number of sulfonamides is 1. The number of pyridine rings is 1. The van der Waals surface area contributed by atoms with Gasteiger partial charge in [0.05, 0.1) is 36.3 Å². The highest BCUT2D eigenvalue weighted by atomic mass is 35.5. The van der Waals surface area contributed by atoms with Gasteiger partial charge in [0.25, 0.3) is 5.91 Å². The average molecular weight is 614 g/mol. The molecular formula is C30H27Cl2FN4O3S. The molecule has 1 saturated heterocycles. The van der Waals surface area contributed by atoms with E-state index in [1.54, 1.807) is 24.4 Å². The normalized spacial score (nSPS) is 14.1. The Balaban J connectivity index is 1.39. The molecule has 1 N–H and O–H groups in total. The maximum atomic E-state index is 14.8. The van der Waals surface area contributed by atoms with Gasteiger partial charge < -0.3 is 5.32 Å². The van der Waals surface area contributed by atoms with Gasteiger partial charge in [-0.15, -0.1) is 0 Å². The van der Waals surface area contributed by atoms with Crippen molar-refractivity contribution in [3.05, 3.63) is 129 Å². The van der Waals surface area contributed by atoms with Crippen LogP contribution in [0.15, 0.2) is 91.1 Å². The number of nitrogens with one attached hydrogen (secondary N) is 1. The summed E-state index contributed by atoms with van der Waals surface area (Å²) in [7, 11) is -3.82. The lowest BCUT2D eigenvalue weighted by Gasteiger charge is -2.48. The number of likely N-dealkylation sites (tertiary alicyclic amines) is 1. The third-order valence-electron chi connectivity index (χ3n) is 6.87. The molecule has 1 aliphatic heterocycles. The van der Waals surface area contributed by atoms with E-state index in [0.717, 1.165) is 29.5 Å². The van der Waals surface area contributed by atoms with Crippen LogP contribution < -0.4 is 9.62 Å². The van der Waals surface area contributed by atoms with Crippen LogP contribution in [0, 0.1) is 5.82 Å². The van der Waals surface area contributed by atoms with Crippen molar-refractivity contribution < 1.29 is 17.6 Å². The van der Waals surface area contributed by atoms with Gasteiger partial charge in [0.1, 0.15) is 5.82 Å². The molecule has 7 nitrogen and oxygen atoms in total. The molecule has 0 saturated carbocycles. The Morgan fingerprint density at radius 2 is 1.61 bits per heavy atom. The molecule has 0 bridgehead atoms.